The van der Waals surface area contributed by atoms with Gasteiger partial charge in [-0.15, -0.1) is 0 Å². The van der Waals surface area contributed by atoms with Crippen LogP contribution in [0.2, 0.25) is 0 Å². The topological polar surface area (TPSA) is 55.8 Å². The molecule has 1 fully saturated rings. The van der Waals surface area contributed by atoms with Crippen LogP contribution in [0.15, 0.2) is 77.7 Å². The summed E-state index contributed by atoms with van der Waals surface area (Å²) < 4.78 is 24.9. The van der Waals surface area contributed by atoms with E-state index in [1.165, 1.54) is 48.0 Å². The number of halogens is 1. The minimum atomic E-state index is -0.835. The van der Waals surface area contributed by atoms with E-state index < -0.39 is 11.8 Å². The number of rotatable bonds is 5. The molecule has 1 aliphatic rings. The number of benzene rings is 3. The number of anilines is 1. The summed E-state index contributed by atoms with van der Waals surface area (Å²) >= 11 is 6.58. The monoisotopic (exact) mass is 465 g/mol. The lowest BCUT2D eigenvalue weighted by Crippen LogP contribution is -2.27. The molecule has 4 rings (SSSR count). The quantitative estimate of drug-likeness (QED) is 0.216. The van der Waals surface area contributed by atoms with Crippen molar-refractivity contribution in [3.8, 4) is 11.5 Å². The van der Waals surface area contributed by atoms with Crippen LogP contribution in [0.25, 0.3) is 6.08 Å². The Morgan fingerprint density at radius 1 is 1.03 bits per heavy atom. The largest absolute Gasteiger partial charge is 0.493 e. The van der Waals surface area contributed by atoms with Gasteiger partial charge in [-0.2, -0.15) is 0 Å². The van der Waals surface area contributed by atoms with Gasteiger partial charge in [-0.25, -0.2) is 9.18 Å². The van der Waals surface area contributed by atoms with Crippen LogP contribution in [-0.4, -0.2) is 23.3 Å². The van der Waals surface area contributed by atoms with Gasteiger partial charge in [0.2, 0.25) is 0 Å². The van der Waals surface area contributed by atoms with E-state index in [2.05, 4.69) is 0 Å². The first-order valence-corrected chi connectivity index (χ1v) is 10.7. The number of hydrogen-bond acceptors (Lipinski definition) is 6. The number of esters is 1. The van der Waals surface area contributed by atoms with E-state index in [1.54, 1.807) is 24.3 Å². The summed E-state index contributed by atoms with van der Waals surface area (Å²) in [6, 6.07) is 19.5. The molecule has 0 spiro atoms. The van der Waals surface area contributed by atoms with E-state index in [-0.39, 0.29) is 23.0 Å². The molecule has 8 heteroatoms. The van der Waals surface area contributed by atoms with Crippen molar-refractivity contribution in [3.05, 3.63) is 94.6 Å². The second kappa shape index (κ2) is 9.33. The highest BCUT2D eigenvalue weighted by molar-refractivity contribution is 8.27. The van der Waals surface area contributed by atoms with Crippen LogP contribution in [-0.2, 0) is 4.79 Å². The van der Waals surface area contributed by atoms with Gasteiger partial charge in [-0.3, -0.25) is 9.69 Å². The summed E-state index contributed by atoms with van der Waals surface area (Å²) in [6.45, 7) is 0. The van der Waals surface area contributed by atoms with Gasteiger partial charge >= 0.3 is 5.97 Å². The molecule has 3 aromatic rings. The van der Waals surface area contributed by atoms with Gasteiger partial charge in [0.25, 0.3) is 5.91 Å². The Kier molecular flexibility index (Phi) is 6.34. The number of methoxy groups -OCH3 is 1. The highest BCUT2D eigenvalue weighted by Crippen LogP contribution is 2.37. The predicted molar refractivity (Wildman–Crippen MR) is 126 cm³/mol. The zero-order valence-electron chi connectivity index (χ0n) is 16.8. The maximum atomic E-state index is 13.9. The Labute approximate surface area is 193 Å². The molecule has 0 radical (unpaired) electrons. The fourth-order valence-electron chi connectivity index (χ4n) is 3.06. The Balaban J connectivity index is 1.57. The average molecular weight is 466 g/mol. The molecule has 0 bridgehead atoms. The summed E-state index contributed by atoms with van der Waals surface area (Å²) in [4.78, 5) is 27.1. The van der Waals surface area contributed by atoms with Crippen molar-refractivity contribution in [3.63, 3.8) is 0 Å². The van der Waals surface area contributed by atoms with Gasteiger partial charge in [-0.1, -0.05) is 60.4 Å². The van der Waals surface area contributed by atoms with Crippen LogP contribution in [0.3, 0.4) is 0 Å². The number of hydrogen-bond donors (Lipinski definition) is 0. The van der Waals surface area contributed by atoms with E-state index in [4.69, 9.17) is 21.7 Å². The van der Waals surface area contributed by atoms with Crippen molar-refractivity contribution in [2.24, 2.45) is 0 Å². The molecule has 160 valence electrons. The highest BCUT2D eigenvalue weighted by Gasteiger charge is 2.33. The number of carbonyl (C=O) groups excluding carboxylic acids is 2. The van der Waals surface area contributed by atoms with Gasteiger partial charge in [0.05, 0.1) is 23.3 Å². The van der Waals surface area contributed by atoms with Gasteiger partial charge in [-0.05, 0) is 48.0 Å². The second-order valence-electron chi connectivity index (χ2n) is 6.63. The van der Waals surface area contributed by atoms with E-state index in [1.807, 2.05) is 30.3 Å². The number of amides is 1. The predicted octanol–water partition coefficient (Wildman–Crippen LogP) is 5.46. The standard InChI is InChI=1S/C24H16FNO4S2/c1-29-20-13-15(11-12-19(20)30-23(28)17-9-5-6-10-18(17)25)14-21-22(27)26(24(31)32-21)16-7-3-2-4-8-16/h2-14H,1H3/b21-14-. The van der Waals surface area contributed by atoms with E-state index in [9.17, 15) is 14.0 Å². The summed E-state index contributed by atoms with van der Waals surface area (Å²) in [5.74, 6) is -1.33. The lowest BCUT2D eigenvalue weighted by Gasteiger charge is -2.13. The van der Waals surface area contributed by atoms with Gasteiger partial charge in [0, 0.05) is 0 Å². The van der Waals surface area contributed by atoms with Crippen molar-refractivity contribution >= 4 is 51.9 Å². The lowest BCUT2D eigenvalue weighted by molar-refractivity contribution is -0.113. The molecule has 0 atom stereocenters. The number of ether oxygens (including phenoxy) is 2. The van der Waals surface area contributed by atoms with Crippen LogP contribution in [0.1, 0.15) is 15.9 Å². The third-order valence-electron chi connectivity index (χ3n) is 4.59. The van der Waals surface area contributed by atoms with Crippen LogP contribution >= 0.6 is 24.0 Å². The molecule has 0 N–H and O–H groups in total. The zero-order valence-corrected chi connectivity index (χ0v) is 18.4. The maximum Gasteiger partial charge on any atom is 0.346 e. The lowest BCUT2D eigenvalue weighted by atomic mass is 10.1. The first-order chi connectivity index (χ1) is 15.5. The van der Waals surface area contributed by atoms with Crippen LogP contribution in [0.4, 0.5) is 10.1 Å². The molecule has 0 unspecified atom stereocenters. The molecule has 32 heavy (non-hydrogen) atoms. The van der Waals surface area contributed by atoms with Gasteiger partial charge in [0.1, 0.15) is 5.82 Å². The first-order valence-electron chi connectivity index (χ1n) is 9.45. The van der Waals surface area contributed by atoms with Gasteiger partial charge < -0.3 is 9.47 Å². The van der Waals surface area contributed by atoms with E-state index in [0.29, 0.717) is 20.5 Å². The Hall–Kier alpha value is -3.49. The number of para-hydroxylation sites is 1. The third kappa shape index (κ3) is 4.42. The number of nitrogens with zero attached hydrogens (tertiary/aromatic N) is 1. The molecular formula is C24H16FNO4S2. The first kappa shape index (κ1) is 21.7. The summed E-state index contributed by atoms with van der Waals surface area (Å²) in [5.41, 5.74) is 1.18. The minimum absolute atomic E-state index is 0.134. The molecule has 3 aromatic carbocycles. The van der Waals surface area contributed by atoms with Gasteiger partial charge in [0.15, 0.2) is 15.8 Å². The van der Waals surface area contributed by atoms with Crippen molar-refractivity contribution in [1.29, 1.82) is 0 Å². The molecule has 0 aromatic heterocycles. The summed E-state index contributed by atoms with van der Waals surface area (Å²) in [7, 11) is 1.43. The number of carbonyl (C=O) groups is 2. The highest BCUT2D eigenvalue weighted by atomic mass is 32.2. The molecule has 0 aliphatic carbocycles. The fourth-order valence-corrected chi connectivity index (χ4v) is 4.36. The zero-order chi connectivity index (χ0) is 22.7. The number of thiocarbonyl (C=S) groups is 1. The molecule has 0 saturated carbocycles. The molecule has 1 saturated heterocycles. The summed E-state index contributed by atoms with van der Waals surface area (Å²) in [6.07, 6.45) is 1.69. The number of thioether (sulfide) groups is 1. The maximum absolute atomic E-state index is 13.9. The van der Waals surface area contributed by atoms with Crippen molar-refractivity contribution < 1.29 is 23.5 Å². The smallest absolute Gasteiger partial charge is 0.346 e. The van der Waals surface area contributed by atoms with Crippen LogP contribution < -0.4 is 14.4 Å². The average Bonchev–Trinajstić information content (AvgIpc) is 3.08. The van der Waals surface area contributed by atoms with Crippen LogP contribution in [0.5, 0.6) is 11.5 Å². The molecule has 1 amide bonds. The molecule has 1 aliphatic heterocycles. The van der Waals surface area contributed by atoms with Crippen LogP contribution in [0, 0.1) is 5.82 Å². The minimum Gasteiger partial charge on any atom is -0.493 e. The van der Waals surface area contributed by atoms with E-state index >= 15 is 0 Å². The van der Waals surface area contributed by atoms with Crippen molar-refractivity contribution in [2.75, 3.05) is 12.0 Å². The second-order valence-corrected chi connectivity index (χ2v) is 8.31. The molecule has 1 heterocycles. The SMILES string of the molecule is COc1cc(/C=C2\SC(=S)N(c3ccccc3)C2=O)ccc1OC(=O)c1ccccc1F. The third-order valence-corrected chi connectivity index (χ3v) is 5.89. The van der Waals surface area contributed by atoms with Crippen molar-refractivity contribution in [2.45, 2.75) is 0 Å². The molecular weight excluding hydrogens is 449 g/mol. The van der Waals surface area contributed by atoms with Crippen molar-refractivity contribution in [1.82, 2.24) is 0 Å². The van der Waals surface area contributed by atoms with E-state index in [0.717, 1.165) is 0 Å². The Bertz CT molecular complexity index is 1240. The molecule has 5 nitrogen and oxygen atoms in total. The summed E-state index contributed by atoms with van der Waals surface area (Å²) in [5, 5.41) is 0. The Morgan fingerprint density at radius 2 is 1.75 bits per heavy atom. The normalized spacial score (nSPS) is 14.7. The Morgan fingerprint density at radius 3 is 2.47 bits per heavy atom. The fraction of sp³-hybridized carbons (Fsp3) is 0.0417.